The van der Waals surface area contributed by atoms with Crippen molar-refractivity contribution >= 4 is 16.7 Å². The molecule has 0 amide bonds. The molecule has 0 spiro atoms. The van der Waals surface area contributed by atoms with Crippen molar-refractivity contribution in [1.82, 2.24) is 4.57 Å². The number of aromatic nitrogens is 1. The molecule has 5 nitrogen and oxygen atoms in total. The van der Waals surface area contributed by atoms with Gasteiger partial charge in [-0.2, -0.15) is 0 Å². The van der Waals surface area contributed by atoms with E-state index in [1.165, 1.54) is 0 Å². The topological polar surface area (TPSA) is 72.8 Å². The van der Waals surface area contributed by atoms with Crippen LogP contribution < -0.4 is 5.73 Å². The summed E-state index contributed by atoms with van der Waals surface area (Å²) in [5.41, 5.74) is 6.64. The van der Waals surface area contributed by atoms with Gasteiger partial charge >= 0.3 is 6.36 Å². The van der Waals surface area contributed by atoms with Gasteiger partial charge < -0.3 is 15.5 Å². The van der Waals surface area contributed by atoms with Gasteiger partial charge in [-0.3, -0.25) is 4.74 Å². The van der Waals surface area contributed by atoms with Gasteiger partial charge in [-0.05, 0) is 17.5 Å². The van der Waals surface area contributed by atoms with E-state index in [4.69, 9.17) is 10.9 Å². The molecule has 2 rings (SSSR count). The summed E-state index contributed by atoms with van der Waals surface area (Å²) in [5.74, 6) is -0.0637. The number of alkyl halides is 3. The van der Waals surface area contributed by atoms with E-state index in [2.05, 4.69) is 9.89 Å². The minimum Gasteiger partial charge on any atom is -0.409 e. The molecule has 2 aromatic rings. The number of benzene rings is 1. The van der Waals surface area contributed by atoms with Crippen molar-refractivity contribution < 1.29 is 23.1 Å². The zero-order chi connectivity index (χ0) is 14.8. The van der Waals surface area contributed by atoms with E-state index in [0.717, 1.165) is 5.39 Å². The molecule has 0 aliphatic rings. The third-order valence-electron chi connectivity index (χ3n) is 2.78. The molecule has 0 radical (unpaired) electrons. The fourth-order valence-electron chi connectivity index (χ4n) is 1.86. The summed E-state index contributed by atoms with van der Waals surface area (Å²) in [7, 11) is 0. The van der Waals surface area contributed by atoms with Crippen molar-refractivity contribution in [1.29, 1.82) is 0 Å². The van der Waals surface area contributed by atoms with Crippen LogP contribution in [0.2, 0.25) is 0 Å². The van der Waals surface area contributed by atoms with Crippen LogP contribution >= 0.6 is 0 Å². The maximum absolute atomic E-state index is 11.9. The summed E-state index contributed by atoms with van der Waals surface area (Å²) < 4.78 is 41.1. The van der Waals surface area contributed by atoms with Gasteiger partial charge in [0.25, 0.3) is 0 Å². The zero-order valence-electron chi connectivity index (χ0n) is 10.3. The molecule has 0 aliphatic carbocycles. The summed E-state index contributed by atoms with van der Waals surface area (Å²) in [6.07, 6.45) is -2.98. The predicted octanol–water partition coefficient (Wildman–Crippen LogP) is 2.27. The van der Waals surface area contributed by atoms with Gasteiger partial charge in [0.1, 0.15) is 0 Å². The summed E-state index contributed by atoms with van der Waals surface area (Å²) in [4.78, 5) is 0. The average Bonchev–Trinajstić information content (AvgIpc) is 2.79. The molecular weight excluding hydrogens is 275 g/mol. The van der Waals surface area contributed by atoms with Crippen LogP contribution in [0.15, 0.2) is 35.6 Å². The van der Waals surface area contributed by atoms with E-state index in [-0.39, 0.29) is 12.4 Å². The summed E-state index contributed by atoms with van der Waals surface area (Å²) in [5, 5.41) is 12.3. The minimum atomic E-state index is -4.64. The molecule has 0 saturated carbocycles. The molecule has 1 aromatic carbocycles. The number of nitrogens with two attached hydrogens (primary N) is 1. The molecule has 0 bridgehead atoms. The molecule has 20 heavy (non-hydrogen) atoms. The second-order valence-corrected chi connectivity index (χ2v) is 4.06. The highest BCUT2D eigenvalue weighted by atomic mass is 19.4. The predicted molar refractivity (Wildman–Crippen MR) is 66.5 cm³/mol. The fraction of sp³-hybridized carbons (Fsp3) is 0.250. The molecule has 3 N–H and O–H groups in total. The second kappa shape index (κ2) is 5.41. The second-order valence-electron chi connectivity index (χ2n) is 4.06. The Bertz CT molecular complexity index is 634. The SMILES string of the molecule is N/C(=N/O)c1ccc2ccn(CCOC(F)(F)F)c2c1. The fourth-order valence-corrected chi connectivity index (χ4v) is 1.86. The highest BCUT2D eigenvalue weighted by Crippen LogP contribution is 2.19. The van der Waals surface area contributed by atoms with Gasteiger partial charge in [-0.15, -0.1) is 13.2 Å². The molecular formula is C12H12F3N3O2. The summed E-state index contributed by atoms with van der Waals surface area (Å²) in [6.45, 7) is -0.441. The van der Waals surface area contributed by atoms with Crippen LogP contribution in [0.4, 0.5) is 13.2 Å². The molecule has 1 heterocycles. The third kappa shape index (κ3) is 3.21. The highest BCUT2D eigenvalue weighted by molar-refractivity contribution is 6.00. The van der Waals surface area contributed by atoms with Crippen LogP contribution in [0.5, 0.6) is 0 Å². The third-order valence-corrected chi connectivity index (χ3v) is 2.78. The Hall–Kier alpha value is -2.22. The minimum absolute atomic E-state index is 0.0443. The normalized spacial score (nSPS) is 13.1. The first-order valence-electron chi connectivity index (χ1n) is 5.68. The van der Waals surface area contributed by atoms with Crippen LogP contribution in [-0.2, 0) is 11.3 Å². The number of hydrogen-bond acceptors (Lipinski definition) is 3. The van der Waals surface area contributed by atoms with E-state index < -0.39 is 13.0 Å². The maximum Gasteiger partial charge on any atom is 0.522 e. The van der Waals surface area contributed by atoms with Crippen molar-refractivity contribution in [3.8, 4) is 0 Å². The van der Waals surface area contributed by atoms with Crippen molar-refractivity contribution in [2.45, 2.75) is 12.9 Å². The number of rotatable bonds is 4. The molecule has 1 aromatic heterocycles. The zero-order valence-corrected chi connectivity index (χ0v) is 10.3. The van der Waals surface area contributed by atoms with Crippen LogP contribution in [0, 0.1) is 0 Å². The van der Waals surface area contributed by atoms with E-state index >= 15 is 0 Å². The smallest absolute Gasteiger partial charge is 0.409 e. The van der Waals surface area contributed by atoms with Crippen LogP contribution in [0.25, 0.3) is 10.9 Å². The first kappa shape index (κ1) is 14.2. The van der Waals surface area contributed by atoms with Crippen molar-refractivity contribution in [3.05, 3.63) is 36.0 Å². The van der Waals surface area contributed by atoms with E-state index in [1.54, 1.807) is 35.0 Å². The Morgan fingerprint density at radius 2 is 2.10 bits per heavy atom. The van der Waals surface area contributed by atoms with E-state index in [1.807, 2.05) is 0 Å². The van der Waals surface area contributed by atoms with Gasteiger partial charge in [-0.1, -0.05) is 17.3 Å². The van der Waals surface area contributed by atoms with Gasteiger partial charge in [0.15, 0.2) is 5.84 Å². The molecule has 0 atom stereocenters. The largest absolute Gasteiger partial charge is 0.522 e. The molecule has 0 fully saturated rings. The quantitative estimate of drug-likeness (QED) is 0.392. The maximum atomic E-state index is 11.9. The Balaban J connectivity index is 2.21. The Labute approximate surface area is 112 Å². The first-order chi connectivity index (χ1) is 9.40. The van der Waals surface area contributed by atoms with Gasteiger partial charge in [0.2, 0.25) is 0 Å². The number of nitrogens with zero attached hydrogens (tertiary/aromatic N) is 2. The lowest BCUT2D eigenvalue weighted by atomic mass is 10.1. The van der Waals surface area contributed by atoms with Gasteiger partial charge in [-0.25, -0.2) is 0 Å². The number of hydrogen-bond donors (Lipinski definition) is 2. The summed E-state index contributed by atoms with van der Waals surface area (Å²) >= 11 is 0. The number of fused-ring (bicyclic) bond motifs is 1. The Morgan fingerprint density at radius 1 is 1.35 bits per heavy atom. The van der Waals surface area contributed by atoms with Gasteiger partial charge in [0, 0.05) is 23.8 Å². The summed E-state index contributed by atoms with van der Waals surface area (Å²) in [6, 6.07) is 6.80. The van der Waals surface area contributed by atoms with Crippen molar-refractivity contribution in [2.24, 2.45) is 10.9 Å². The first-order valence-corrected chi connectivity index (χ1v) is 5.68. The highest BCUT2D eigenvalue weighted by Gasteiger charge is 2.28. The monoisotopic (exact) mass is 287 g/mol. The average molecular weight is 287 g/mol. The lowest BCUT2D eigenvalue weighted by Gasteiger charge is -2.09. The Kier molecular flexibility index (Phi) is 3.84. The number of oxime groups is 1. The Morgan fingerprint density at radius 3 is 2.75 bits per heavy atom. The lowest BCUT2D eigenvalue weighted by Crippen LogP contribution is -2.17. The lowest BCUT2D eigenvalue weighted by molar-refractivity contribution is -0.325. The molecule has 108 valence electrons. The van der Waals surface area contributed by atoms with E-state index in [9.17, 15) is 13.2 Å². The van der Waals surface area contributed by atoms with Crippen LogP contribution in [0.3, 0.4) is 0 Å². The van der Waals surface area contributed by atoms with Crippen LogP contribution in [0.1, 0.15) is 5.56 Å². The van der Waals surface area contributed by atoms with Crippen LogP contribution in [-0.4, -0.2) is 28.6 Å². The number of halogens is 3. The van der Waals surface area contributed by atoms with Crippen molar-refractivity contribution in [2.75, 3.05) is 6.61 Å². The molecule has 8 heteroatoms. The molecule has 0 aliphatic heterocycles. The molecule has 0 unspecified atom stereocenters. The van der Waals surface area contributed by atoms with Crippen molar-refractivity contribution in [3.63, 3.8) is 0 Å². The van der Waals surface area contributed by atoms with E-state index in [0.29, 0.717) is 11.1 Å². The number of ether oxygens (including phenoxy) is 1. The standard InChI is InChI=1S/C12H12F3N3O2/c13-12(14,15)20-6-5-18-4-3-8-1-2-9(7-10(8)18)11(16)17-19/h1-4,7,19H,5-6H2,(H2,16,17). The number of amidine groups is 1. The molecule has 0 saturated heterocycles. The van der Waals surface area contributed by atoms with Gasteiger partial charge in [0.05, 0.1) is 6.61 Å².